The molecule has 1 heterocycles. The predicted molar refractivity (Wildman–Crippen MR) is 125 cm³/mol. The summed E-state index contributed by atoms with van der Waals surface area (Å²) in [4.78, 5) is 16.3. The van der Waals surface area contributed by atoms with E-state index in [1.165, 1.54) is 24.4 Å². The molecule has 1 amide bonds. The van der Waals surface area contributed by atoms with E-state index in [0.29, 0.717) is 23.6 Å². The van der Waals surface area contributed by atoms with E-state index in [9.17, 15) is 22.4 Å². The van der Waals surface area contributed by atoms with Crippen LogP contribution >= 0.6 is 11.6 Å². The molecular weight excluding hydrogens is 488 g/mol. The number of halogens is 5. The van der Waals surface area contributed by atoms with Gasteiger partial charge in [-0.1, -0.05) is 54.9 Å². The van der Waals surface area contributed by atoms with Crippen LogP contribution in [0.1, 0.15) is 31.9 Å². The SMILES string of the molecule is CCCNC(=O)O[C@@H](C)c1ccc(-c2ccc(Cl)cn2)c(OC(F)(F)C(F)F)c1-c1ccccc1. The normalized spacial score (nSPS) is 12.3. The number of alkyl carbamates (subject to hydrolysis) is 1. The minimum atomic E-state index is -4.80. The van der Waals surface area contributed by atoms with Crippen LogP contribution in [0.3, 0.4) is 0 Å². The zero-order valence-corrected chi connectivity index (χ0v) is 19.7. The third kappa shape index (κ3) is 6.42. The number of carbonyl (C=O) groups excluding carboxylic acids is 1. The van der Waals surface area contributed by atoms with Crippen molar-refractivity contribution in [1.29, 1.82) is 0 Å². The van der Waals surface area contributed by atoms with Crippen LogP contribution in [0.2, 0.25) is 5.02 Å². The summed E-state index contributed by atoms with van der Waals surface area (Å²) in [5.74, 6) is -0.529. The van der Waals surface area contributed by atoms with Gasteiger partial charge in [-0.15, -0.1) is 0 Å². The summed E-state index contributed by atoms with van der Waals surface area (Å²) >= 11 is 5.90. The van der Waals surface area contributed by atoms with Crippen LogP contribution < -0.4 is 10.1 Å². The van der Waals surface area contributed by atoms with E-state index in [1.807, 2.05) is 6.92 Å². The van der Waals surface area contributed by atoms with Crippen molar-refractivity contribution < 1.29 is 31.8 Å². The van der Waals surface area contributed by atoms with Gasteiger partial charge in [0, 0.05) is 29.4 Å². The van der Waals surface area contributed by atoms with Gasteiger partial charge in [-0.05, 0) is 37.1 Å². The minimum absolute atomic E-state index is 0.0345. The highest BCUT2D eigenvalue weighted by Gasteiger charge is 2.45. The summed E-state index contributed by atoms with van der Waals surface area (Å²) in [5.41, 5.74) is 0.944. The second-order valence-electron chi connectivity index (χ2n) is 7.57. The minimum Gasteiger partial charge on any atom is -0.442 e. The Hall–Kier alpha value is -3.33. The van der Waals surface area contributed by atoms with E-state index >= 15 is 0 Å². The molecule has 3 aromatic rings. The van der Waals surface area contributed by atoms with Crippen LogP contribution in [0.15, 0.2) is 60.8 Å². The number of alkyl halides is 4. The third-order valence-electron chi connectivity index (χ3n) is 4.99. The highest BCUT2D eigenvalue weighted by atomic mass is 35.5. The molecule has 3 rings (SSSR count). The monoisotopic (exact) mass is 510 g/mol. The quantitative estimate of drug-likeness (QED) is 0.303. The number of benzene rings is 2. The van der Waals surface area contributed by atoms with Gasteiger partial charge < -0.3 is 14.8 Å². The van der Waals surface area contributed by atoms with Crippen LogP contribution in [-0.4, -0.2) is 30.2 Å². The second kappa shape index (κ2) is 11.4. The van der Waals surface area contributed by atoms with Gasteiger partial charge in [0.05, 0.1) is 10.7 Å². The van der Waals surface area contributed by atoms with Crippen LogP contribution in [0, 0.1) is 0 Å². The lowest BCUT2D eigenvalue weighted by Crippen LogP contribution is -2.34. The summed E-state index contributed by atoms with van der Waals surface area (Å²) in [6.45, 7) is 3.79. The van der Waals surface area contributed by atoms with Crippen molar-refractivity contribution in [3.05, 3.63) is 71.4 Å². The molecule has 0 spiro atoms. The van der Waals surface area contributed by atoms with Crippen molar-refractivity contribution in [2.45, 2.75) is 38.9 Å². The molecule has 5 nitrogen and oxygen atoms in total. The summed E-state index contributed by atoms with van der Waals surface area (Å²) in [5, 5.41) is 2.87. The van der Waals surface area contributed by atoms with Crippen molar-refractivity contribution in [1.82, 2.24) is 10.3 Å². The fourth-order valence-corrected chi connectivity index (χ4v) is 3.47. The Morgan fingerprint density at radius 3 is 2.43 bits per heavy atom. The second-order valence-corrected chi connectivity index (χ2v) is 8.01. The van der Waals surface area contributed by atoms with E-state index in [4.69, 9.17) is 21.1 Å². The fourth-order valence-electron chi connectivity index (χ4n) is 3.36. The van der Waals surface area contributed by atoms with Gasteiger partial charge >= 0.3 is 18.6 Å². The smallest absolute Gasteiger partial charge is 0.442 e. The molecular formula is C25H23ClF4N2O3. The maximum atomic E-state index is 14.3. The maximum absolute atomic E-state index is 14.3. The molecule has 0 unspecified atom stereocenters. The highest BCUT2D eigenvalue weighted by Crippen LogP contribution is 2.46. The zero-order chi connectivity index (χ0) is 25.6. The molecule has 0 fully saturated rings. The predicted octanol–water partition coefficient (Wildman–Crippen LogP) is 7.50. The average molecular weight is 511 g/mol. The number of hydrogen-bond donors (Lipinski definition) is 1. The molecule has 0 radical (unpaired) electrons. The van der Waals surface area contributed by atoms with Crippen molar-refractivity contribution in [3.8, 4) is 28.1 Å². The average Bonchev–Trinajstić information content (AvgIpc) is 2.83. The van der Waals surface area contributed by atoms with Crippen LogP contribution in [0.5, 0.6) is 5.75 Å². The number of carbonyl (C=O) groups is 1. The lowest BCUT2D eigenvalue weighted by atomic mass is 9.92. The Morgan fingerprint density at radius 1 is 1.11 bits per heavy atom. The Kier molecular flexibility index (Phi) is 8.56. The van der Waals surface area contributed by atoms with Gasteiger partial charge in [-0.3, -0.25) is 4.98 Å². The van der Waals surface area contributed by atoms with Gasteiger partial charge in [0.15, 0.2) is 0 Å². The van der Waals surface area contributed by atoms with E-state index < -0.39 is 30.5 Å². The number of nitrogens with zero attached hydrogens (tertiary/aromatic N) is 1. The molecule has 1 aromatic heterocycles. The molecule has 1 atom stereocenters. The first-order valence-corrected chi connectivity index (χ1v) is 11.2. The van der Waals surface area contributed by atoms with Crippen molar-refractivity contribution in [3.63, 3.8) is 0 Å². The van der Waals surface area contributed by atoms with Gasteiger partial charge in [-0.25, -0.2) is 4.79 Å². The van der Waals surface area contributed by atoms with Gasteiger partial charge in [0.25, 0.3) is 0 Å². The molecule has 0 aliphatic heterocycles. The zero-order valence-electron chi connectivity index (χ0n) is 18.9. The topological polar surface area (TPSA) is 60.5 Å². The molecule has 0 aliphatic carbocycles. The van der Waals surface area contributed by atoms with Crippen molar-refractivity contribution >= 4 is 17.7 Å². The Bertz CT molecular complexity index is 1150. The van der Waals surface area contributed by atoms with Crippen LogP contribution in [0.4, 0.5) is 22.4 Å². The lowest BCUT2D eigenvalue weighted by Gasteiger charge is -2.25. The van der Waals surface area contributed by atoms with Gasteiger partial charge in [-0.2, -0.15) is 17.6 Å². The van der Waals surface area contributed by atoms with E-state index in [2.05, 4.69) is 10.3 Å². The number of hydrogen-bond acceptors (Lipinski definition) is 4. The number of pyridine rings is 1. The molecule has 1 N–H and O–H groups in total. The molecule has 0 bridgehead atoms. The van der Waals surface area contributed by atoms with Gasteiger partial charge in [0.2, 0.25) is 0 Å². The van der Waals surface area contributed by atoms with Gasteiger partial charge in [0.1, 0.15) is 11.9 Å². The first kappa shape index (κ1) is 26.3. The van der Waals surface area contributed by atoms with E-state index in [-0.39, 0.29) is 22.4 Å². The summed E-state index contributed by atoms with van der Waals surface area (Å²) in [7, 11) is 0. The number of nitrogens with one attached hydrogen (secondary N) is 1. The first-order valence-electron chi connectivity index (χ1n) is 10.8. The number of rotatable bonds is 9. The van der Waals surface area contributed by atoms with E-state index in [0.717, 1.165) is 0 Å². The standard InChI is InChI=1S/C25H23ClF4N2O3/c1-3-13-31-24(33)34-15(2)18-10-11-19(20-12-9-17(26)14-32-20)22(35-25(29,30)23(27)28)21(18)16-7-5-4-6-8-16/h4-12,14-15,23H,3,13H2,1-2H3,(H,31,33)/t15-/m0/s1. The van der Waals surface area contributed by atoms with Crippen molar-refractivity contribution in [2.24, 2.45) is 0 Å². The molecule has 0 saturated carbocycles. The van der Waals surface area contributed by atoms with E-state index in [1.54, 1.807) is 43.3 Å². The Balaban J connectivity index is 2.24. The van der Waals surface area contributed by atoms with Crippen LogP contribution in [0.25, 0.3) is 22.4 Å². The van der Waals surface area contributed by atoms with Crippen molar-refractivity contribution in [2.75, 3.05) is 6.54 Å². The first-order chi connectivity index (χ1) is 16.6. The maximum Gasteiger partial charge on any atom is 0.461 e. The highest BCUT2D eigenvalue weighted by molar-refractivity contribution is 6.30. The fraction of sp³-hybridized carbons (Fsp3) is 0.280. The summed E-state index contributed by atoms with van der Waals surface area (Å²) in [6.07, 6.45) is -8.55. The lowest BCUT2D eigenvalue weighted by molar-refractivity contribution is -0.252. The number of ether oxygens (including phenoxy) is 2. The molecule has 2 aromatic carbocycles. The molecule has 35 heavy (non-hydrogen) atoms. The molecule has 10 heteroatoms. The Morgan fingerprint density at radius 2 is 1.83 bits per heavy atom. The Labute approximate surface area is 205 Å². The number of amides is 1. The third-order valence-corrected chi connectivity index (χ3v) is 5.21. The summed E-state index contributed by atoms with van der Waals surface area (Å²) < 4.78 is 65.0. The summed E-state index contributed by atoms with van der Waals surface area (Å²) in [6, 6.07) is 14.1. The molecule has 186 valence electrons. The van der Waals surface area contributed by atoms with Crippen LogP contribution in [-0.2, 0) is 4.74 Å². The largest absolute Gasteiger partial charge is 0.461 e. The molecule has 0 aliphatic rings. The molecule has 0 saturated heterocycles. The number of aromatic nitrogens is 1.